The first-order valence-corrected chi connectivity index (χ1v) is 7.55. The van der Waals surface area contributed by atoms with Crippen LogP contribution in [0.4, 0.5) is 0 Å². The lowest BCUT2D eigenvalue weighted by Crippen LogP contribution is -2.13. The van der Waals surface area contributed by atoms with E-state index >= 15 is 0 Å². The van der Waals surface area contributed by atoms with E-state index in [1.54, 1.807) is 0 Å². The van der Waals surface area contributed by atoms with E-state index in [4.69, 9.17) is 4.74 Å². The number of ketones is 1. The Morgan fingerprint density at radius 3 is 2.25 bits per heavy atom. The maximum absolute atomic E-state index is 12.1. The monoisotopic (exact) mass is 380 g/mol. The van der Waals surface area contributed by atoms with Gasteiger partial charge in [-0.15, -0.1) is 0 Å². The summed E-state index contributed by atoms with van der Waals surface area (Å²) in [6, 6.07) is 11.6. The van der Waals surface area contributed by atoms with Crippen molar-refractivity contribution < 1.29 is 9.53 Å². The molecule has 3 heteroatoms. The molecule has 0 aliphatic carbocycles. The van der Waals surface area contributed by atoms with Gasteiger partial charge in [-0.3, -0.25) is 4.79 Å². The molecule has 0 amide bonds. The topological polar surface area (TPSA) is 26.3 Å². The van der Waals surface area contributed by atoms with Gasteiger partial charge in [-0.25, -0.2) is 0 Å². The molecule has 0 heterocycles. The number of carbonyl (C=O) groups excluding carboxylic acids is 1. The Hall–Kier alpha value is -1.36. The third-order valence-electron chi connectivity index (χ3n) is 3.39. The zero-order valence-electron chi connectivity index (χ0n) is 11.9. The predicted octanol–water partition coefficient (Wildman–Crippen LogP) is 4.48. The van der Waals surface area contributed by atoms with Crippen molar-refractivity contribution in [1.82, 2.24) is 0 Å². The minimum Gasteiger partial charge on any atom is -0.485 e. The number of hydrogen-bond donors (Lipinski definition) is 0. The van der Waals surface area contributed by atoms with Crippen molar-refractivity contribution in [3.05, 3.63) is 62.2 Å². The number of ether oxygens (including phenoxy) is 1. The van der Waals surface area contributed by atoms with Gasteiger partial charge in [-0.05, 0) is 72.2 Å². The summed E-state index contributed by atoms with van der Waals surface area (Å²) in [5, 5.41) is 0. The van der Waals surface area contributed by atoms with Crippen LogP contribution in [0.15, 0.2) is 36.4 Å². The summed E-state index contributed by atoms with van der Waals surface area (Å²) in [6.07, 6.45) is 0. The van der Waals surface area contributed by atoms with Crippen LogP contribution in [0.2, 0.25) is 0 Å². The average molecular weight is 380 g/mol. The van der Waals surface area contributed by atoms with E-state index in [0.717, 1.165) is 20.4 Å². The number of Topliss-reactive ketones (excluding diaryl/α,β-unsaturated/α-hetero) is 1. The van der Waals surface area contributed by atoms with E-state index in [2.05, 4.69) is 28.7 Å². The molecule has 0 saturated heterocycles. The summed E-state index contributed by atoms with van der Waals surface area (Å²) in [5.74, 6) is 0.825. The molecule has 0 saturated carbocycles. The zero-order chi connectivity index (χ0) is 14.7. The van der Waals surface area contributed by atoms with E-state index in [1.807, 2.05) is 51.1 Å². The molecule has 104 valence electrons. The van der Waals surface area contributed by atoms with Crippen LogP contribution in [0, 0.1) is 24.3 Å². The Morgan fingerprint density at radius 2 is 1.60 bits per heavy atom. The number of carbonyl (C=O) groups is 1. The number of rotatable bonds is 4. The van der Waals surface area contributed by atoms with Crippen molar-refractivity contribution in [2.45, 2.75) is 20.8 Å². The van der Waals surface area contributed by atoms with E-state index in [9.17, 15) is 4.79 Å². The molecular formula is C17H17IO2. The van der Waals surface area contributed by atoms with Crippen molar-refractivity contribution in [2.24, 2.45) is 0 Å². The summed E-state index contributed by atoms with van der Waals surface area (Å²) in [6.45, 7) is 6.14. The smallest absolute Gasteiger partial charge is 0.200 e. The molecule has 0 fully saturated rings. The van der Waals surface area contributed by atoms with Gasteiger partial charge >= 0.3 is 0 Å². The quantitative estimate of drug-likeness (QED) is 0.578. The zero-order valence-corrected chi connectivity index (χ0v) is 14.0. The van der Waals surface area contributed by atoms with Crippen LogP contribution in [0.3, 0.4) is 0 Å². The third-order valence-corrected chi connectivity index (χ3v) is 4.11. The molecule has 2 aromatic carbocycles. The first-order valence-electron chi connectivity index (χ1n) is 6.47. The highest BCUT2D eigenvalue weighted by Crippen LogP contribution is 2.25. The number of halogens is 1. The number of benzene rings is 2. The number of hydrogen-bond acceptors (Lipinski definition) is 2. The fourth-order valence-corrected chi connectivity index (χ4v) is 2.36. The van der Waals surface area contributed by atoms with Crippen molar-refractivity contribution in [1.29, 1.82) is 0 Å². The largest absolute Gasteiger partial charge is 0.485 e. The summed E-state index contributed by atoms with van der Waals surface area (Å²) in [4.78, 5) is 12.1. The molecule has 20 heavy (non-hydrogen) atoms. The minimum absolute atomic E-state index is 0.00158. The standard InChI is InChI=1S/C17H17IO2/c1-11-4-5-12(2)17(13(11)3)20-10-16(19)14-6-8-15(18)9-7-14/h4-9H,10H2,1-3H3. The third kappa shape index (κ3) is 3.39. The van der Waals surface area contributed by atoms with Crippen LogP contribution >= 0.6 is 22.6 Å². The van der Waals surface area contributed by atoms with E-state index < -0.39 is 0 Å². The summed E-state index contributed by atoms with van der Waals surface area (Å²) >= 11 is 2.22. The van der Waals surface area contributed by atoms with E-state index in [0.29, 0.717) is 5.56 Å². The molecule has 0 N–H and O–H groups in total. The second-order valence-electron chi connectivity index (χ2n) is 4.87. The van der Waals surface area contributed by atoms with Crippen LogP contribution in [0.25, 0.3) is 0 Å². The van der Waals surface area contributed by atoms with Crippen molar-refractivity contribution in [2.75, 3.05) is 6.61 Å². The summed E-state index contributed by atoms with van der Waals surface area (Å²) < 4.78 is 6.86. The maximum atomic E-state index is 12.1. The lowest BCUT2D eigenvalue weighted by atomic mass is 10.1. The molecule has 0 aliphatic rings. The fourth-order valence-electron chi connectivity index (χ4n) is 2.00. The molecule has 0 atom stereocenters. The Balaban J connectivity index is 2.11. The average Bonchev–Trinajstić information content (AvgIpc) is 2.43. The lowest BCUT2D eigenvalue weighted by molar-refractivity contribution is 0.0920. The van der Waals surface area contributed by atoms with Gasteiger partial charge in [-0.2, -0.15) is 0 Å². The van der Waals surface area contributed by atoms with Crippen LogP contribution in [0.1, 0.15) is 27.0 Å². The maximum Gasteiger partial charge on any atom is 0.200 e. The molecule has 2 rings (SSSR count). The molecular weight excluding hydrogens is 363 g/mol. The SMILES string of the molecule is Cc1ccc(C)c(OCC(=O)c2ccc(I)cc2)c1C. The van der Waals surface area contributed by atoms with Crippen LogP contribution in [-0.4, -0.2) is 12.4 Å². The first kappa shape index (κ1) is 15.0. The summed E-state index contributed by atoms with van der Waals surface area (Å²) in [7, 11) is 0. The molecule has 0 aliphatic heterocycles. The molecule has 2 nitrogen and oxygen atoms in total. The molecule has 0 spiro atoms. The Morgan fingerprint density at radius 1 is 1.00 bits per heavy atom. The molecule has 0 aromatic heterocycles. The Labute approximate surface area is 133 Å². The van der Waals surface area contributed by atoms with E-state index in [1.165, 1.54) is 5.56 Å². The van der Waals surface area contributed by atoms with Gasteiger partial charge < -0.3 is 4.74 Å². The Kier molecular flexibility index (Phi) is 4.81. The van der Waals surface area contributed by atoms with Crippen LogP contribution in [-0.2, 0) is 0 Å². The van der Waals surface area contributed by atoms with Crippen molar-refractivity contribution in [3.8, 4) is 5.75 Å². The molecule has 0 unspecified atom stereocenters. The predicted molar refractivity (Wildman–Crippen MR) is 89.6 cm³/mol. The van der Waals surface area contributed by atoms with Gasteiger partial charge in [0, 0.05) is 9.13 Å². The van der Waals surface area contributed by atoms with E-state index in [-0.39, 0.29) is 12.4 Å². The lowest BCUT2D eigenvalue weighted by Gasteiger charge is -2.13. The highest BCUT2D eigenvalue weighted by molar-refractivity contribution is 14.1. The molecule has 0 bridgehead atoms. The van der Waals surface area contributed by atoms with Crippen molar-refractivity contribution in [3.63, 3.8) is 0 Å². The van der Waals surface area contributed by atoms with Crippen molar-refractivity contribution >= 4 is 28.4 Å². The number of aryl methyl sites for hydroxylation is 2. The van der Waals surface area contributed by atoms with Gasteiger partial charge in [0.1, 0.15) is 5.75 Å². The fraction of sp³-hybridized carbons (Fsp3) is 0.235. The van der Waals surface area contributed by atoms with Gasteiger partial charge in [0.2, 0.25) is 0 Å². The first-order chi connectivity index (χ1) is 9.49. The Bertz CT molecular complexity index is 630. The van der Waals surface area contributed by atoms with Gasteiger partial charge in [0.25, 0.3) is 0 Å². The highest BCUT2D eigenvalue weighted by Gasteiger charge is 2.10. The van der Waals surface area contributed by atoms with Gasteiger partial charge in [0.15, 0.2) is 12.4 Å². The molecule has 2 aromatic rings. The van der Waals surface area contributed by atoms with Crippen LogP contribution in [0.5, 0.6) is 5.75 Å². The molecule has 0 radical (unpaired) electrons. The van der Waals surface area contributed by atoms with Gasteiger partial charge in [-0.1, -0.05) is 24.3 Å². The highest BCUT2D eigenvalue weighted by atomic mass is 127. The minimum atomic E-state index is 0.00158. The normalized spacial score (nSPS) is 10.4. The second kappa shape index (κ2) is 6.39. The summed E-state index contributed by atoms with van der Waals surface area (Å²) in [5.41, 5.74) is 4.02. The van der Waals surface area contributed by atoms with Crippen LogP contribution < -0.4 is 4.74 Å². The van der Waals surface area contributed by atoms with Gasteiger partial charge in [0.05, 0.1) is 0 Å². The second-order valence-corrected chi connectivity index (χ2v) is 6.12.